The van der Waals surface area contributed by atoms with Crippen molar-refractivity contribution in [3.63, 3.8) is 0 Å². The highest BCUT2D eigenvalue weighted by atomic mass is 16.5. The molecule has 3 unspecified atom stereocenters. The molecular weight excluding hydrogens is 404 g/mol. The molecule has 5 atom stereocenters. The third-order valence-corrected chi connectivity index (χ3v) is 8.09. The maximum absolute atomic E-state index is 5.62. The number of benzene rings is 3. The van der Waals surface area contributed by atoms with Crippen molar-refractivity contribution in [2.24, 2.45) is 10.9 Å². The zero-order valence-electron chi connectivity index (χ0n) is 19.3. The summed E-state index contributed by atoms with van der Waals surface area (Å²) in [6, 6.07) is 32.3. The van der Waals surface area contributed by atoms with Crippen molar-refractivity contribution in [1.82, 2.24) is 4.90 Å². The van der Waals surface area contributed by atoms with Gasteiger partial charge in [0.25, 0.3) is 0 Å². The van der Waals surface area contributed by atoms with Crippen molar-refractivity contribution in [3.05, 3.63) is 102 Å². The molecule has 3 aromatic carbocycles. The molecule has 0 amide bonds. The molecule has 0 radical (unpaired) electrons. The highest BCUT2D eigenvalue weighted by Crippen LogP contribution is 2.50. The van der Waals surface area contributed by atoms with Crippen LogP contribution in [0.15, 0.2) is 89.9 Å². The molecule has 4 aliphatic heterocycles. The van der Waals surface area contributed by atoms with E-state index in [1.54, 1.807) is 7.11 Å². The van der Waals surface area contributed by atoms with Crippen LogP contribution in [0.1, 0.15) is 48.3 Å². The first-order valence-corrected chi connectivity index (χ1v) is 12.4. The highest BCUT2D eigenvalue weighted by molar-refractivity contribution is 5.95. The standard InChI is InChI=1S/C30H32N2O/c1-33-27-15-9-8-14-23(27)20-31-29-24-18-25-16-17-26(19-24)32(25)30(29)28(21-10-4-2-5-11-21)22-12-6-3-7-13-22/h2-15,24-26,28,30H,16-20H2,1H3/t24?,25-,26+,30?. The van der Waals surface area contributed by atoms with Crippen LogP contribution in [-0.2, 0) is 6.54 Å². The van der Waals surface area contributed by atoms with E-state index in [0.717, 1.165) is 5.75 Å². The van der Waals surface area contributed by atoms with Crippen LogP contribution in [0.4, 0.5) is 0 Å². The molecule has 7 rings (SSSR count). The summed E-state index contributed by atoms with van der Waals surface area (Å²) in [6.45, 7) is 0.686. The van der Waals surface area contributed by atoms with Crippen LogP contribution >= 0.6 is 0 Å². The first-order valence-electron chi connectivity index (χ1n) is 12.4. The molecule has 4 aliphatic rings. The number of aliphatic imine (C=N–C) groups is 1. The first kappa shape index (κ1) is 20.7. The van der Waals surface area contributed by atoms with Crippen LogP contribution < -0.4 is 4.74 Å². The van der Waals surface area contributed by atoms with E-state index in [4.69, 9.17) is 9.73 Å². The summed E-state index contributed by atoms with van der Waals surface area (Å²) in [5.74, 6) is 1.83. The molecule has 0 spiro atoms. The van der Waals surface area contributed by atoms with E-state index in [2.05, 4.69) is 77.7 Å². The van der Waals surface area contributed by atoms with Crippen molar-refractivity contribution < 1.29 is 4.74 Å². The van der Waals surface area contributed by atoms with E-state index >= 15 is 0 Å². The molecule has 168 valence electrons. The van der Waals surface area contributed by atoms with Gasteiger partial charge in [-0.2, -0.15) is 0 Å². The third-order valence-electron chi connectivity index (χ3n) is 8.09. The van der Waals surface area contributed by atoms with Gasteiger partial charge in [0.1, 0.15) is 5.75 Å². The Bertz CT molecular complexity index is 1070. The van der Waals surface area contributed by atoms with E-state index in [1.807, 2.05) is 12.1 Å². The van der Waals surface area contributed by atoms with E-state index in [0.29, 0.717) is 36.5 Å². The van der Waals surface area contributed by atoms with Crippen molar-refractivity contribution in [1.29, 1.82) is 0 Å². The molecule has 4 fully saturated rings. The van der Waals surface area contributed by atoms with Gasteiger partial charge in [-0.1, -0.05) is 78.9 Å². The smallest absolute Gasteiger partial charge is 0.123 e. The number of ether oxygens (including phenoxy) is 1. The Kier molecular flexibility index (Phi) is 5.51. The number of hydrogen-bond donors (Lipinski definition) is 0. The summed E-state index contributed by atoms with van der Waals surface area (Å²) in [5, 5.41) is 0. The van der Waals surface area contributed by atoms with Gasteiger partial charge in [0, 0.05) is 35.2 Å². The van der Waals surface area contributed by atoms with Crippen LogP contribution in [0.3, 0.4) is 0 Å². The average molecular weight is 437 g/mol. The minimum atomic E-state index is 0.301. The Morgan fingerprint density at radius 2 is 1.39 bits per heavy atom. The van der Waals surface area contributed by atoms with Gasteiger partial charge in [-0.3, -0.25) is 9.89 Å². The lowest BCUT2D eigenvalue weighted by molar-refractivity contribution is 0.0620. The van der Waals surface area contributed by atoms with E-state index in [1.165, 1.54) is 48.1 Å². The number of nitrogens with zero attached hydrogens (tertiary/aromatic N) is 2. The van der Waals surface area contributed by atoms with E-state index in [-0.39, 0.29) is 0 Å². The van der Waals surface area contributed by atoms with Crippen molar-refractivity contribution in [2.75, 3.05) is 7.11 Å². The predicted octanol–water partition coefficient (Wildman–Crippen LogP) is 6.09. The Balaban J connectivity index is 1.46. The lowest BCUT2D eigenvalue weighted by atomic mass is 9.70. The summed E-state index contributed by atoms with van der Waals surface area (Å²) < 4.78 is 5.62. The lowest BCUT2D eigenvalue weighted by Gasteiger charge is -2.54. The maximum atomic E-state index is 5.62. The van der Waals surface area contributed by atoms with Gasteiger partial charge >= 0.3 is 0 Å². The van der Waals surface area contributed by atoms with Gasteiger partial charge in [-0.15, -0.1) is 0 Å². The quantitative estimate of drug-likeness (QED) is 0.467. The van der Waals surface area contributed by atoms with Gasteiger partial charge in [0.2, 0.25) is 0 Å². The van der Waals surface area contributed by atoms with Gasteiger partial charge < -0.3 is 4.74 Å². The minimum absolute atomic E-state index is 0.301. The molecular formula is C30H32N2O. The number of methoxy groups -OCH3 is 1. The molecule has 4 heterocycles. The van der Waals surface area contributed by atoms with Crippen molar-refractivity contribution >= 4 is 5.71 Å². The summed E-state index contributed by atoms with van der Waals surface area (Å²) in [4.78, 5) is 8.26. The van der Waals surface area contributed by atoms with Crippen LogP contribution in [0.2, 0.25) is 0 Å². The SMILES string of the molecule is COc1ccccc1CN=C1C2C[C@H]3CC[C@@H](C2)N3C1C(c1ccccc1)c1ccccc1. The summed E-state index contributed by atoms with van der Waals surface area (Å²) >= 11 is 0. The molecule has 0 N–H and O–H groups in total. The molecule has 4 saturated heterocycles. The highest BCUT2D eigenvalue weighted by Gasteiger charge is 2.54. The molecule has 4 bridgehead atoms. The Morgan fingerprint density at radius 1 is 0.818 bits per heavy atom. The molecule has 0 aromatic heterocycles. The van der Waals surface area contributed by atoms with E-state index < -0.39 is 0 Å². The fourth-order valence-electron chi connectivity index (χ4n) is 6.76. The zero-order chi connectivity index (χ0) is 22.2. The Labute approximate surface area is 197 Å². The number of para-hydroxylation sites is 1. The van der Waals surface area contributed by atoms with Crippen LogP contribution in [0, 0.1) is 5.92 Å². The van der Waals surface area contributed by atoms with E-state index in [9.17, 15) is 0 Å². The van der Waals surface area contributed by atoms with Crippen LogP contribution in [0.25, 0.3) is 0 Å². The van der Waals surface area contributed by atoms with Gasteiger partial charge in [-0.25, -0.2) is 0 Å². The average Bonchev–Trinajstić information content (AvgIpc) is 3.17. The van der Waals surface area contributed by atoms with Gasteiger partial charge in [-0.05, 0) is 42.9 Å². The van der Waals surface area contributed by atoms with Crippen molar-refractivity contribution in [2.45, 2.75) is 56.3 Å². The maximum Gasteiger partial charge on any atom is 0.123 e. The molecule has 0 aliphatic carbocycles. The molecule has 3 heteroatoms. The normalized spacial score (nSPS) is 29.0. The largest absolute Gasteiger partial charge is 0.496 e. The number of fused-ring (bicyclic) bond motifs is 1. The Morgan fingerprint density at radius 3 is 2.00 bits per heavy atom. The lowest BCUT2D eigenvalue weighted by Crippen LogP contribution is -2.62. The third kappa shape index (κ3) is 3.69. The molecule has 33 heavy (non-hydrogen) atoms. The fraction of sp³-hybridized carbons (Fsp3) is 0.367. The zero-order valence-corrected chi connectivity index (χ0v) is 19.3. The van der Waals surface area contributed by atoms with Gasteiger partial charge in [0.05, 0.1) is 19.7 Å². The minimum Gasteiger partial charge on any atom is -0.496 e. The first-order chi connectivity index (χ1) is 16.3. The van der Waals surface area contributed by atoms with Crippen LogP contribution in [-0.4, -0.2) is 35.8 Å². The second-order valence-corrected chi connectivity index (χ2v) is 9.80. The monoisotopic (exact) mass is 436 g/mol. The second-order valence-electron chi connectivity index (χ2n) is 9.80. The second kappa shape index (κ2) is 8.79. The summed E-state index contributed by atoms with van der Waals surface area (Å²) in [7, 11) is 1.75. The Hall–Kier alpha value is -2.91. The fourth-order valence-corrected chi connectivity index (χ4v) is 6.76. The van der Waals surface area contributed by atoms with Gasteiger partial charge in [0.15, 0.2) is 0 Å². The molecule has 3 nitrogen and oxygen atoms in total. The summed E-state index contributed by atoms with van der Waals surface area (Å²) in [5.41, 5.74) is 5.37. The predicted molar refractivity (Wildman–Crippen MR) is 134 cm³/mol. The number of hydrogen-bond acceptors (Lipinski definition) is 3. The molecule has 3 aromatic rings. The number of rotatable bonds is 6. The molecule has 0 saturated carbocycles. The number of piperidine rings is 3. The summed E-state index contributed by atoms with van der Waals surface area (Å²) in [6.07, 6.45) is 5.23. The van der Waals surface area contributed by atoms with Crippen molar-refractivity contribution in [3.8, 4) is 5.75 Å². The van der Waals surface area contributed by atoms with Crippen LogP contribution in [0.5, 0.6) is 5.75 Å². The topological polar surface area (TPSA) is 24.8 Å².